The van der Waals surface area contributed by atoms with E-state index in [1.807, 2.05) is 32.3 Å². The number of hydrogen-bond donors (Lipinski definition) is 0. The second-order valence-electron chi connectivity index (χ2n) is 4.69. The van der Waals surface area contributed by atoms with E-state index in [0.29, 0.717) is 11.4 Å². The molecular formula is C15H15N5OS. The number of amides is 1. The zero-order valence-corrected chi connectivity index (χ0v) is 13.1. The molecule has 0 atom stereocenters. The Morgan fingerprint density at radius 1 is 1.32 bits per heavy atom. The fourth-order valence-corrected chi connectivity index (χ4v) is 3.00. The van der Waals surface area contributed by atoms with Gasteiger partial charge in [-0.3, -0.25) is 14.5 Å². The van der Waals surface area contributed by atoms with Gasteiger partial charge in [-0.2, -0.15) is 5.10 Å². The topological polar surface area (TPSA) is 63.9 Å². The summed E-state index contributed by atoms with van der Waals surface area (Å²) in [5.41, 5.74) is 1.75. The predicted octanol–water partition coefficient (Wildman–Crippen LogP) is 2.61. The lowest BCUT2D eigenvalue weighted by Crippen LogP contribution is -2.29. The van der Waals surface area contributed by atoms with E-state index < -0.39 is 0 Å². The van der Waals surface area contributed by atoms with Gasteiger partial charge in [-0.15, -0.1) is 11.3 Å². The van der Waals surface area contributed by atoms with Crippen LogP contribution in [0.3, 0.4) is 0 Å². The summed E-state index contributed by atoms with van der Waals surface area (Å²) in [5.74, 6) is -0.0618. The van der Waals surface area contributed by atoms with Gasteiger partial charge in [0.25, 0.3) is 5.91 Å². The molecule has 0 saturated carbocycles. The van der Waals surface area contributed by atoms with Crippen molar-refractivity contribution in [1.82, 2.24) is 19.7 Å². The van der Waals surface area contributed by atoms with Crippen LogP contribution in [-0.2, 0) is 7.05 Å². The minimum atomic E-state index is -0.0618. The van der Waals surface area contributed by atoms with E-state index in [9.17, 15) is 4.79 Å². The van der Waals surface area contributed by atoms with Crippen LogP contribution in [0.2, 0.25) is 0 Å². The number of thiazole rings is 1. The van der Waals surface area contributed by atoms with Crippen molar-refractivity contribution in [1.29, 1.82) is 0 Å². The average Bonchev–Trinajstić information content (AvgIpc) is 3.18. The van der Waals surface area contributed by atoms with Crippen molar-refractivity contribution in [3.05, 3.63) is 48.0 Å². The standard InChI is InChI=1S/C15H15N5OS/c1-3-20(12-8-18-19(2)10-12)15(21)13-9-17-14(22-13)11-4-6-16-7-5-11/h4-10H,3H2,1-2H3. The molecule has 0 aromatic carbocycles. The summed E-state index contributed by atoms with van der Waals surface area (Å²) in [5, 5.41) is 4.93. The maximum atomic E-state index is 12.7. The zero-order chi connectivity index (χ0) is 15.5. The van der Waals surface area contributed by atoms with Crippen LogP contribution in [0.5, 0.6) is 0 Å². The highest BCUT2D eigenvalue weighted by Gasteiger charge is 2.20. The second-order valence-corrected chi connectivity index (χ2v) is 5.72. The zero-order valence-electron chi connectivity index (χ0n) is 12.3. The third-order valence-electron chi connectivity index (χ3n) is 3.21. The molecule has 1 amide bonds. The van der Waals surface area contributed by atoms with Crippen LogP contribution in [0.15, 0.2) is 43.1 Å². The maximum Gasteiger partial charge on any atom is 0.270 e. The molecule has 0 N–H and O–H groups in total. The Bertz CT molecular complexity index is 780. The van der Waals surface area contributed by atoms with Gasteiger partial charge in [-0.1, -0.05) is 0 Å². The third kappa shape index (κ3) is 2.75. The SMILES string of the molecule is CCN(C(=O)c1cnc(-c2ccncc2)s1)c1cnn(C)c1. The molecule has 0 aliphatic heterocycles. The molecule has 0 spiro atoms. The fraction of sp³-hybridized carbons (Fsp3) is 0.200. The minimum Gasteiger partial charge on any atom is -0.305 e. The van der Waals surface area contributed by atoms with Crippen LogP contribution in [0.25, 0.3) is 10.6 Å². The monoisotopic (exact) mass is 313 g/mol. The summed E-state index contributed by atoms with van der Waals surface area (Å²) in [7, 11) is 1.83. The highest BCUT2D eigenvalue weighted by Crippen LogP contribution is 2.26. The molecule has 0 fully saturated rings. The molecule has 6 nitrogen and oxygen atoms in total. The predicted molar refractivity (Wildman–Crippen MR) is 85.9 cm³/mol. The van der Waals surface area contributed by atoms with E-state index in [2.05, 4.69) is 15.1 Å². The summed E-state index contributed by atoms with van der Waals surface area (Å²) < 4.78 is 1.68. The van der Waals surface area contributed by atoms with Crippen LogP contribution < -0.4 is 4.90 Å². The first-order chi connectivity index (χ1) is 10.7. The van der Waals surface area contributed by atoms with Crippen LogP contribution in [0, 0.1) is 0 Å². The number of rotatable bonds is 4. The summed E-state index contributed by atoms with van der Waals surface area (Å²) >= 11 is 1.38. The summed E-state index contributed by atoms with van der Waals surface area (Å²) in [6.07, 6.45) is 8.57. The number of aryl methyl sites for hydroxylation is 1. The number of hydrogen-bond acceptors (Lipinski definition) is 5. The molecule has 0 saturated heterocycles. The van der Waals surface area contributed by atoms with Gasteiger partial charge in [-0.05, 0) is 19.1 Å². The highest BCUT2D eigenvalue weighted by molar-refractivity contribution is 7.17. The smallest absolute Gasteiger partial charge is 0.270 e. The van der Waals surface area contributed by atoms with E-state index in [1.165, 1.54) is 11.3 Å². The van der Waals surface area contributed by atoms with E-state index in [0.717, 1.165) is 16.3 Å². The fourth-order valence-electron chi connectivity index (χ4n) is 2.13. The van der Waals surface area contributed by atoms with Gasteiger partial charge in [0.05, 0.1) is 18.1 Å². The van der Waals surface area contributed by atoms with Gasteiger partial charge < -0.3 is 4.90 Å². The molecule has 0 bridgehead atoms. The van der Waals surface area contributed by atoms with Crippen LogP contribution in [0.4, 0.5) is 5.69 Å². The largest absolute Gasteiger partial charge is 0.305 e. The van der Waals surface area contributed by atoms with Crippen LogP contribution in [-0.4, -0.2) is 32.2 Å². The van der Waals surface area contributed by atoms with Crippen LogP contribution in [0.1, 0.15) is 16.6 Å². The Hall–Kier alpha value is -2.54. The van der Waals surface area contributed by atoms with E-state index in [-0.39, 0.29) is 5.91 Å². The molecular weight excluding hydrogens is 298 g/mol. The molecule has 0 aliphatic rings. The number of carbonyl (C=O) groups is 1. The molecule has 0 unspecified atom stereocenters. The molecule has 0 aliphatic carbocycles. The molecule has 3 rings (SSSR count). The van der Waals surface area contributed by atoms with Crippen molar-refractivity contribution >= 4 is 22.9 Å². The number of aromatic nitrogens is 4. The Balaban J connectivity index is 1.87. The first-order valence-corrected chi connectivity index (χ1v) is 7.67. The lowest BCUT2D eigenvalue weighted by molar-refractivity contribution is 0.0992. The van der Waals surface area contributed by atoms with E-state index in [4.69, 9.17) is 0 Å². The van der Waals surface area contributed by atoms with E-state index in [1.54, 1.807) is 34.4 Å². The molecule has 3 aromatic heterocycles. The van der Waals surface area contributed by atoms with Crippen molar-refractivity contribution in [2.24, 2.45) is 7.05 Å². The normalized spacial score (nSPS) is 10.6. The molecule has 22 heavy (non-hydrogen) atoms. The second kappa shape index (κ2) is 6.07. The Morgan fingerprint density at radius 2 is 2.09 bits per heavy atom. The maximum absolute atomic E-state index is 12.7. The van der Waals surface area contributed by atoms with E-state index >= 15 is 0 Å². The van der Waals surface area contributed by atoms with Gasteiger partial charge in [-0.25, -0.2) is 4.98 Å². The quantitative estimate of drug-likeness (QED) is 0.742. The minimum absolute atomic E-state index is 0.0618. The lowest BCUT2D eigenvalue weighted by Gasteiger charge is -2.17. The Morgan fingerprint density at radius 3 is 2.73 bits per heavy atom. The van der Waals surface area contributed by atoms with Gasteiger partial charge in [0.2, 0.25) is 0 Å². The number of nitrogens with zero attached hydrogens (tertiary/aromatic N) is 5. The molecule has 3 heterocycles. The number of pyridine rings is 1. The van der Waals surface area contributed by atoms with Gasteiger partial charge >= 0.3 is 0 Å². The highest BCUT2D eigenvalue weighted by atomic mass is 32.1. The number of anilines is 1. The summed E-state index contributed by atoms with van der Waals surface area (Å²) in [6.45, 7) is 2.52. The van der Waals surface area contributed by atoms with Crippen molar-refractivity contribution in [3.8, 4) is 10.6 Å². The Labute approximate surface area is 132 Å². The van der Waals surface area contributed by atoms with Crippen molar-refractivity contribution in [2.45, 2.75) is 6.92 Å². The van der Waals surface area contributed by atoms with Gasteiger partial charge in [0, 0.05) is 37.7 Å². The van der Waals surface area contributed by atoms with Crippen molar-refractivity contribution < 1.29 is 4.79 Å². The Kier molecular flexibility index (Phi) is 3.97. The molecule has 112 valence electrons. The summed E-state index contributed by atoms with van der Waals surface area (Å²) in [4.78, 5) is 23.3. The van der Waals surface area contributed by atoms with Gasteiger partial charge in [0.1, 0.15) is 9.88 Å². The lowest BCUT2D eigenvalue weighted by atomic mass is 10.3. The van der Waals surface area contributed by atoms with Crippen molar-refractivity contribution in [2.75, 3.05) is 11.4 Å². The van der Waals surface area contributed by atoms with Gasteiger partial charge in [0.15, 0.2) is 0 Å². The first-order valence-electron chi connectivity index (χ1n) is 6.85. The molecule has 0 radical (unpaired) electrons. The molecule has 7 heteroatoms. The van der Waals surface area contributed by atoms with Crippen LogP contribution >= 0.6 is 11.3 Å². The average molecular weight is 313 g/mol. The summed E-state index contributed by atoms with van der Waals surface area (Å²) in [6, 6.07) is 3.76. The van der Waals surface area contributed by atoms with Crippen molar-refractivity contribution in [3.63, 3.8) is 0 Å². The number of carbonyl (C=O) groups excluding carboxylic acids is 1. The molecule has 3 aromatic rings. The third-order valence-corrected chi connectivity index (χ3v) is 4.24. The first kappa shape index (κ1) is 14.4.